The zero-order valence-corrected chi connectivity index (χ0v) is 12.7. The number of benzene rings is 1. The largest absolute Gasteiger partial charge is 0.506 e. The quantitative estimate of drug-likeness (QED) is 0.871. The number of phenolic OH excluding ortho intramolecular Hbond substituents is 1. The highest BCUT2D eigenvalue weighted by atomic mass is 35.5. The molecule has 1 aromatic rings. The number of nitrogens with zero attached hydrogens (tertiary/aromatic N) is 2. The first-order valence-electron chi connectivity index (χ1n) is 6.84. The van der Waals surface area contributed by atoms with Crippen molar-refractivity contribution >= 4 is 23.2 Å². The fourth-order valence-electron chi connectivity index (χ4n) is 2.37. The van der Waals surface area contributed by atoms with Crippen molar-refractivity contribution in [2.45, 2.75) is 13.8 Å². The number of amides is 1. The number of hydrogen-bond donors (Lipinski definition) is 1. The Morgan fingerprint density at radius 3 is 2.40 bits per heavy atom. The minimum atomic E-state index is -0.515. The molecule has 1 saturated heterocycles. The Morgan fingerprint density at radius 1 is 1.25 bits per heavy atom. The molecule has 0 radical (unpaired) electrons. The molecule has 0 unspecified atom stereocenters. The van der Waals surface area contributed by atoms with E-state index in [1.807, 2.05) is 36.9 Å². The van der Waals surface area contributed by atoms with Gasteiger partial charge in [-0.05, 0) is 26.0 Å². The van der Waals surface area contributed by atoms with Crippen molar-refractivity contribution in [1.82, 2.24) is 4.90 Å². The van der Waals surface area contributed by atoms with Crippen LogP contribution in [0.25, 0.3) is 0 Å². The molecule has 110 valence electrons. The van der Waals surface area contributed by atoms with Crippen LogP contribution < -0.4 is 4.90 Å². The van der Waals surface area contributed by atoms with Gasteiger partial charge in [-0.25, -0.2) is 0 Å². The van der Waals surface area contributed by atoms with Crippen molar-refractivity contribution < 1.29 is 9.90 Å². The fourth-order valence-corrected chi connectivity index (χ4v) is 2.48. The summed E-state index contributed by atoms with van der Waals surface area (Å²) >= 11 is 5.86. The third kappa shape index (κ3) is 3.01. The maximum Gasteiger partial charge on any atom is 0.229 e. The van der Waals surface area contributed by atoms with Crippen molar-refractivity contribution in [3.8, 4) is 5.75 Å². The molecule has 0 saturated carbocycles. The summed E-state index contributed by atoms with van der Waals surface area (Å²) in [6.07, 6.45) is 0. The average Bonchev–Trinajstić information content (AvgIpc) is 2.47. The van der Waals surface area contributed by atoms with E-state index in [1.165, 1.54) is 0 Å². The van der Waals surface area contributed by atoms with E-state index in [4.69, 9.17) is 11.6 Å². The second-order valence-electron chi connectivity index (χ2n) is 5.79. The van der Waals surface area contributed by atoms with Crippen LogP contribution in [-0.4, -0.2) is 48.0 Å². The summed E-state index contributed by atoms with van der Waals surface area (Å²) < 4.78 is 0. The van der Waals surface area contributed by atoms with E-state index >= 15 is 0 Å². The van der Waals surface area contributed by atoms with Gasteiger partial charge in [-0.15, -0.1) is 11.6 Å². The molecule has 1 aliphatic rings. The minimum Gasteiger partial charge on any atom is -0.506 e. The summed E-state index contributed by atoms with van der Waals surface area (Å²) in [7, 11) is 0. The molecule has 0 aromatic heterocycles. The number of piperazine rings is 1. The highest BCUT2D eigenvalue weighted by molar-refractivity contribution is 6.19. The summed E-state index contributed by atoms with van der Waals surface area (Å²) in [6, 6.07) is 7.30. The van der Waals surface area contributed by atoms with E-state index < -0.39 is 5.41 Å². The number of carbonyl (C=O) groups excluding carboxylic acids is 1. The number of phenols is 1. The lowest BCUT2D eigenvalue weighted by atomic mass is 9.94. The molecule has 1 fully saturated rings. The number of alkyl halides is 1. The lowest BCUT2D eigenvalue weighted by Gasteiger charge is -2.39. The van der Waals surface area contributed by atoms with Crippen molar-refractivity contribution in [3.63, 3.8) is 0 Å². The summed E-state index contributed by atoms with van der Waals surface area (Å²) in [6.45, 7) is 6.51. The second kappa shape index (κ2) is 5.92. The van der Waals surface area contributed by atoms with Gasteiger partial charge in [0.25, 0.3) is 0 Å². The molecule has 1 amide bonds. The number of aromatic hydroxyl groups is 1. The fraction of sp³-hybridized carbons (Fsp3) is 0.533. The van der Waals surface area contributed by atoms with Crippen LogP contribution in [0.1, 0.15) is 13.8 Å². The van der Waals surface area contributed by atoms with Crippen LogP contribution in [0.2, 0.25) is 0 Å². The number of rotatable bonds is 3. The van der Waals surface area contributed by atoms with Gasteiger partial charge >= 0.3 is 0 Å². The Hall–Kier alpha value is -1.42. The van der Waals surface area contributed by atoms with Crippen molar-refractivity contribution in [1.29, 1.82) is 0 Å². The van der Waals surface area contributed by atoms with Crippen LogP contribution in [0.5, 0.6) is 5.75 Å². The lowest BCUT2D eigenvalue weighted by Crippen LogP contribution is -2.52. The molecule has 4 nitrogen and oxygen atoms in total. The molecular formula is C15H21ClN2O2. The predicted octanol–water partition coefficient (Wildman–Crippen LogP) is 2.31. The van der Waals surface area contributed by atoms with E-state index in [0.717, 1.165) is 18.8 Å². The monoisotopic (exact) mass is 296 g/mol. The van der Waals surface area contributed by atoms with Gasteiger partial charge in [0.05, 0.1) is 11.1 Å². The molecular weight excluding hydrogens is 276 g/mol. The first kappa shape index (κ1) is 15.0. The molecule has 0 atom stereocenters. The Labute approximate surface area is 124 Å². The third-order valence-electron chi connectivity index (χ3n) is 3.70. The van der Waals surface area contributed by atoms with Gasteiger partial charge in [-0.2, -0.15) is 0 Å². The number of carbonyl (C=O) groups is 1. The van der Waals surface area contributed by atoms with Gasteiger partial charge in [0.15, 0.2) is 0 Å². The molecule has 0 bridgehead atoms. The van der Waals surface area contributed by atoms with Crippen LogP contribution in [0, 0.1) is 5.41 Å². The molecule has 1 heterocycles. The first-order valence-corrected chi connectivity index (χ1v) is 7.37. The summed E-state index contributed by atoms with van der Waals surface area (Å²) in [4.78, 5) is 16.3. The number of halogens is 1. The normalized spacial score (nSPS) is 16.4. The highest BCUT2D eigenvalue weighted by Gasteiger charge is 2.33. The summed E-state index contributed by atoms with van der Waals surface area (Å²) in [5.41, 5.74) is 0.315. The molecule has 5 heteroatoms. The Balaban J connectivity index is 2.00. The number of hydrogen-bond acceptors (Lipinski definition) is 3. The van der Waals surface area contributed by atoms with Gasteiger partial charge < -0.3 is 14.9 Å². The Bertz CT molecular complexity index is 483. The molecule has 0 spiro atoms. The smallest absolute Gasteiger partial charge is 0.229 e. The summed E-state index contributed by atoms with van der Waals surface area (Å²) in [5.74, 6) is 0.712. The van der Waals surface area contributed by atoms with Gasteiger partial charge in [0.2, 0.25) is 5.91 Å². The van der Waals surface area contributed by atoms with Crippen LogP contribution in [0.3, 0.4) is 0 Å². The first-order chi connectivity index (χ1) is 9.45. The standard InChI is InChI=1S/C15H21ClN2O2/c1-15(2,11-16)14(20)18-9-7-17(8-10-18)12-5-3-4-6-13(12)19/h3-6,19H,7-11H2,1-2H3. The number of anilines is 1. The van der Waals surface area contributed by atoms with Crippen LogP contribution in [0.4, 0.5) is 5.69 Å². The summed E-state index contributed by atoms with van der Waals surface area (Å²) in [5, 5.41) is 9.87. The maximum absolute atomic E-state index is 12.3. The van der Waals surface area contributed by atoms with Gasteiger partial charge in [0, 0.05) is 32.1 Å². The lowest BCUT2D eigenvalue weighted by molar-refractivity contribution is -0.139. The molecule has 2 rings (SSSR count). The molecule has 1 aromatic carbocycles. The van der Waals surface area contributed by atoms with Crippen LogP contribution >= 0.6 is 11.6 Å². The Kier molecular flexibility index (Phi) is 4.43. The van der Waals surface area contributed by atoms with E-state index in [2.05, 4.69) is 4.90 Å². The van der Waals surface area contributed by atoms with Gasteiger partial charge in [-0.3, -0.25) is 4.79 Å². The van der Waals surface area contributed by atoms with Crippen LogP contribution in [0.15, 0.2) is 24.3 Å². The van der Waals surface area contributed by atoms with E-state index in [0.29, 0.717) is 19.0 Å². The highest BCUT2D eigenvalue weighted by Crippen LogP contribution is 2.28. The van der Waals surface area contributed by atoms with Crippen molar-refractivity contribution in [2.24, 2.45) is 5.41 Å². The minimum absolute atomic E-state index is 0.101. The topological polar surface area (TPSA) is 43.8 Å². The third-order valence-corrected chi connectivity index (χ3v) is 4.37. The SMILES string of the molecule is CC(C)(CCl)C(=O)N1CCN(c2ccccc2O)CC1. The van der Waals surface area contributed by atoms with E-state index in [9.17, 15) is 9.90 Å². The zero-order valence-electron chi connectivity index (χ0n) is 12.0. The van der Waals surface area contributed by atoms with E-state index in [-0.39, 0.29) is 11.7 Å². The Morgan fingerprint density at radius 2 is 1.85 bits per heavy atom. The molecule has 1 N–H and O–H groups in total. The molecule has 20 heavy (non-hydrogen) atoms. The molecule has 1 aliphatic heterocycles. The zero-order chi connectivity index (χ0) is 14.8. The van der Waals surface area contributed by atoms with Gasteiger partial charge in [0.1, 0.15) is 5.75 Å². The maximum atomic E-state index is 12.3. The van der Waals surface area contributed by atoms with Crippen molar-refractivity contribution in [3.05, 3.63) is 24.3 Å². The van der Waals surface area contributed by atoms with Gasteiger partial charge in [-0.1, -0.05) is 12.1 Å². The van der Waals surface area contributed by atoms with Crippen LogP contribution in [-0.2, 0) is 4.79 Å². The van der Waals surface area contributed by atoms with Crippen molar-refractivity contribution in [2.75, 3.05) is 37.0 Å². The predicted molar refractivity (Wildman–Crippen MR) is 81.4 cm³/mol. The molecule has 0 aliphatic carbocycles. The second-order valence-corrected chi connectivity index (χ2v) is 6.05. The van der Waals surface area contributed by atoms with E-state index in [1.54, 1.807) is 6.07 Å². The average molecular weight is 297 g/mol. The number of para-hydroxylation sites is 2.